The first kappa shape index (κ1) is 26.7. The number of aromatic nitrogens is 1. The molecule has 0 fully saturated rings. The summed E-state index contributed by atoms with van der Waals surface area (Å²) in [7, 11) is 0. The van der Waals surface area contributed by atoms with Gasteiger partial charge in [-0.3, -0.25) is 0 Å². The van der Waals surface area contributed by atoms with Crippen LogP contribution in [0.1, 0.15) is 43.7 Å². The van der Waals surface area contributed by atoms with Gasteiger partial charge in [-0.1, -0.05) is 29.8 Å². The van der Waals surface area contributed by atoms with Crippen LogP contribution in [0.15, 0.2) is 64.2 Å². The molecule has 0 aliphatic rings. The number of ether oxygens (including phenoxy) is 1. The fraction of sp³-hybridized carbons (Fsp3) is 0.360. The highest BCUT2D eigenvalue weighted by molar-refractivity contribution is 14.0. The van der Waals surface area contributed by atoms with Crippen molar-refractivity contribution in [3.05, 3.63) is 71.6 Å². The first-order valence-corrected chi connectivity index (χ1v) is 10.9. The Morgan fingerprint density at radius 1 is 1.15 bits per heavy atom. The van der Waals surface area contributed by atoms with Crippen molar-refractivity contribution in [2.45, 2.75) is 46.4 Å². The molecule has 0 bridgehead atoms. The second-order valence-electron chi connectivity index (χ2n) is 7.84. The fourth-order valence-electron chi connectivity index (χ4n) is 3.09. The summed E-state index contributed by atoms with van der Waals surface area (Å²) in [6.45, 7) is 9.36. The summed E-state index contributed by atoms with van der Waals surface area (Å²) in [6.07, 6.45) is 1.00. The summed E-state index contributed by atoms with van der Waals surface area (Å²) in [5, 5.41) is 17.0. The van der Waals surface area contributed by atoms with Gasteiger partial charge in [-0.2, -0.15) is 0 Å². The van der Waals surface area contributed by atoms with Gasteiger partial charge in [0.25, 0.3) is 0 Å². The van der Waals surface area contributed by atoms with Crippen molar-refractivity contribution in [3.8, 4) is 17.2 Å². The molecule has 7 nitrogen and oxygen atoms in total. The SMILES string of the molecule is CCNC(=NCc1coc(-c2ccc(C)cc2)n1)NCC(O)c1cccc(OC(C)C)c1.I. The van der Waals surface area contributed by atoms with Gasteiger partial charge in [0.2, 0.25) is 5.89 Å². The number of hydrogen-bond acceptors (Lipinski definition) is 5. The number of halogens is 1. The lowest BCUT2D eigenvalue weighted by molar-refractivity contribution is 0.179. The van der Waals surface area contributed by atoms with Crippen LogP contribution < -0.4 is 15.4 Å². The molecular formula is C25H33IN4O3. The lowest BCUT2D eigenvalue weighted by atomic mass is 10.1. The Kier molecular flexibility index (Phi) is 10.7. The van der Waals surface area contributed by atoms with E-state index in [0.29, 0.717) is 31.5 Å². The highest BCUT2D eigenvalue weighted by Crippen LogP contribution is 2.21. The molecule has 0 radical (unpaired) electrons. The van der Waals surface area contributed by atoms with Gasteiger partial charge in [-0.15, -0.1) is 24.0 Å². The maximum absolute atomic E-state index is 10.6. The van der Waals surface area contributed by atoms with Gasteiger partial charge in [0.1, 0.15) is 17.7 Å². The fourth-order valence-corrected chi connectivity index (χ4v) is 3.09. The van der Waals surface area contributed by atoms with Gasteiger partial charge in [-0.25, -0.2) is 9.98 Å². The second kappa shape index (κ2) is 13.2. The van der Waals surface area contributed by atoms with Crippen molar-refractivity contribution in [2.24, 2.45) is 4.99 Å². The average Bonchev–Trinajstić information content (AvgIpc) is 3.24. The number of nitrogens with zero attached hydrogens (tertiary/aromatic N) is 2. The molecule has 0 aliphatic heterocycles. The van der Waals surface area contributed by atoms with Crippen molar-refractivity contribution in [1.82, 2.24) is 15.6 Å². The molecule has 0 aliphatic carbocycles. The van der Waals surface area contributed by atoms with Gasteiger partial charge in [0, 0.05) is 18.7 Å². The number of rotatable bonds is 9. The molecule has 1 heterocycles. The van der Waals surface area contributed by atoms with Crippen LogP contribution >= 0.6 is 24.0 Å². The van der Waals surface area contributed by atoms with E-state index in [0.717, 1.165) is 22.6 Å². The summed E-state index contributed by atoms with van der Waals surface area (Å²) in [4.78, 5) is 9.09. The van der Waals surface area contributed by atoms with Crippen molar-refractivity contribution in [2.75, 3.05) is 13.1 Å². The predicted molar refractivity (Wildman–Crippen MR) is 142 cm³/mol. The van der Waals surface area contributed by atoms with Crippen molar-refractivity contribution >= 4 is 29.9 Å². The number of oxazole rings is 1. The number of aliphatic imine (C=N–C) groups is 1. The zero-order chi connectivity index (χ0) is 22.9. The Balaban J connectivity index is 0.00000385. The third kappa shape index (κ3) is 8.36. The number of aliphatic hydroxyl groups excluding tert-OH is 1. The third-order valence-corrected chi connectivity index (χ3v) is 4.67. The van der Waals surface area contributed by atoms with E-state index in [9.17, 15) is 5.11 Å². The molecule has 0 saturated heterocycles. The van der Waals surface area contributed by atoms with Crippen LogP contribution in [0.4, 0.5) is 0 Å². The average molecular weight is 564 g/mol. The van der Waals surface area contributed by atoms with Crippen molar-refractivity contribution < 1.29 is 14.3 Å². The molecule has 33 heavy (non-hydrogen) atoms. The Bertz CT molecular complexity index is 1020. The highest BCUT2D eigenvalue weighted by atomic mass is 127. The van der Waals surface area contributed by atoms with Gasteiger partial charge in [0.05, 0.1) is 18.8 Å². The molecule has 2 aromatic carbocycles. The molecule has 1 atom stereocenters. The molecule has 3 N–H and O–H groups in total. The van der Waals surface area contributed by atoms with E-state index in [1.54, 1.807) is 6.26 Å². The van der Waals surface area contributed by atoms with Crippen molar-refractivity contribution in [1.29, 1.82) is 0 Å². The highest BCUT2D eigenvalue weighted by Gasteiger charge is 2.11. The lowest BCUT2D eigenvalue weighted by Gasteiger charge is -2.17. The summed E-state index contributed by atoms with van der Waals surface area (Å²) < 4.78 is 11.3. The van der Waals surface area contributed by atoms with E-state index in [1.165, 1.54) is 5.56 Å². The minimum absolute atomic E-state index is 0. The molecule has 0 saturated carbocycles. The monoisotopic (exact) mass is 564 g/mol. The van der Waals surface area contributed by atoms with Crippen molar-refractivity contribution in [3.63, 3.8) is 0 Å². The molecule has 3 rings (SSSR count). The number of nitrogens with one attached hydrogen (secondary N) is 2. The van der Waals surface area contributed by atoms with Crippen LogP contribution in [0.25, 0.3) is 11.5 Å². The molecule has 1 unspecified atom stereocenters. The summed E-state index contributed by atoms with van der Waals surface area (Å²) in [5.74, 6) is 1.92. The smallest absolute Gasteiger partial charge is 0.226 e. The van der Waals surface area contributed by atoms with E-state index in [2.05, 4.69) is 20.6 Å². The first-order chi connectivity index (χ1) is 15.4. The largest absolute Gasteiger partial charge is 0.491 e. The topological polar surface area (TPSA) is 91.9 Å². The van der Waals surface area contributed by atoms with E-state index in [4.69, 9.17) is 9.15 Å². The van der Waals surface area contributed by atoms with Gasteiger partial charge in [0.15, 0.2) is 5.96 Å². The Hall–Kier alpha value is -2.59. The minimum atomic E-state index is -0.699. The Labute approximate surface area is 212 Å². The van der Waals surface area contributed by atoms with Gasteiger partial charge < -0.3 is 24.9 Å². The van der Waals surface area contributed by atoms with Crippen LogP contribution in [0.2, 0.25) is 0 Å². The maximum Gasteiger partial charge on any atom is 0.226 e. The van der Waals surface area contributed by atoms with Crippen LogP contribution in [0, 0.1) is 6.92 Å². The lowest BCUT2D eigenvalue weighted by Crippen LogP contribution is -2.39. The third-order valence-electron chi connectivity index (χ3n) is 4.67. The molecule has 3 aromatic rings. The van der Waals surface area contributed by atoms with E-state index in [1.807, 2.05) is 76.2 Å². The van der Waals surface area contributed by atoms with Gasteiger partial charge in [-0.05, 0) is 57.5 Å². The van der Waals surface area contributed by atoms with E-state index < -0.39 is 6.10 Å². The van der Waals surface area contributed by atoms with Crippen LogP contribution in [0.3, 0.4) is 0 Å². The van der Waals surface area contributed by atoms with E-state index >= 15 is 0 Å². The zero-order valence-corrected chi connectivity index (χ0v) is 21.9. The van der Waals surface area contributed by atoms with Crippen LogP contribution in [0.5, 0.6) is 5.75 Å². The van der Waals surface area contributed by atoms with E-state index in [-0.39, 0.29) is 30.1 Å². The van der Waals surface area contributed by atoms with Crippen LogP contribution in [-0.4, -0.2) is 35.2 Å². The number of guanidine groups is 1. The minimum Gasteiger partial charge on any atom is -0.491 e. The normalized spacial score (nSPS) is 12.2. The Morgan fingerprint density at radius 2 is 1.91 bits per heavy atom. The maximum atomic E-state index is 10.6. The number of aryl methyl sites for hydroxylation is 1. The zero-order valence-electron chi connectivity index (χ0n) is 19.5. The standard InChI is InChI=1S/C25H32N4O3.HI/c1-5-26-25(28-15-23(30)20-7-6-8-22(13-20)32-17(2)3)27-14-21-16-31-24(29-21)19-11-9-18(4)10-12-19;/h6-13,16-17,23,30H,5,14-15H2,1-4H3,(H2,26,27,28);1H. The molecule has 0 spiro atoms. The molecule has 0 amide bonds. The second-order valence-corrected chi connectivity index (χ2v) is 7.84. The first-order valence-electron chi connectivity index (χ1n) is 10.9. The molecular weight excluding hydrogens is 531 g/mol. The van der Waals surface area contributed by atoms with Crippen LogP contribution in [-0.2, 0) is 6.54 Å². The Morgan fingerprint density at radius 3 is 2.61 bits per heavy atom. The van der Waals surface area contributed by atoms with Gasteiger partial charge >= 0.3 is 0 Å². The summed E-state index contributed by atoms with van der Waals surface area (Å²) >= 11 is 0. The number of hydrogen-bond donors (Lipinski definition) is 3. The number of aliphatic hydroxyl groups is 1. The quantitative estimate of drug-likeness (QED) is 0.196. The predicted octanol–water partition coefficient (Wildman–Crippen LogP) is 4.84. The summed E-state index contributed by atoms with van der Waals surface area (Å²) in [5.41, 5.74) is 3.64. The molecule has 8 heteroatoms. The molecule has 1 aromatic heterocycles. The number of benzene rings is 2. The molecule has 178 valence electrons. The summed E-state index contributed by atoms with van der Waals surface area (Å²) in [6, 6.07) is 15.5.